The number of nitrogens with zero attached hydrogens (tertiary/aromatic N) is 1. The summed E-state index contributed by atoms with van der Waals surface area (Å²) in [5, 5.41) is 13.4. The first-order valence-electron chi connectivity index (χ1n) is 19.8. The van der Waals surface area contributed by atoms with E-state index in [0.717, 1.165) is 0 Å². The van der Waals surface area contributed by atoms with Crippen LogP contribution in [0.5, 0.6) is 0 Å². The molecule has 12 aromatic rings. The third-order valence-electron chi connectivity index (χ3n) is 12.1. The molecule has 0 bridgehead atoms. The molecule has 3 aromatic heterocycles. The SMILES string of the molecule is c1ccc([Si](c2ccccc2)(c2cccc(-c3cccc4c3sc3ccccc34)c2)c2cccc(-n3c4ccccc4c4c5sc6ccccc6c5ccc43)c2)cc1. The van der Waals surface area contributed by atoms with Crippen LogP contribution in [0.1, 0.15) is 0 Å². The van der Waals surface area contributed by atoms with Crippen LogP contribution in [-0.4, -0.2) is 12.6 Å². The van der Waals surface area contributed by atoms with Crippen molar-refractivity contribution in [1.82, 2.24) is 4.57 Å². The van der Waals surface area contributed by atoms with Crippen LogP contribution < -0.4 is 20.7 Å². The lowest BCUT2D eigenvalue weighted by atomic mass is 10.0. The summed E-state index contributed by atoms with van der Waals surface area (Å²) >= 11 is 3.81. The molecule has 58 heavy (non-hydrogen) atoms. The lowest BCUT2D eigenvalue weighted by molar-refractivity contribution is 1.18. The zero-order valence-corrected chi connectivity index (χ0v) is 34.1. The molecular weight excluding hydrogens is 755 g/mol. The molecule has 272 valence electrons. The van der Waals surface area contributed by atoms with Gasteiger partial charge in [0, 0.05) is 56.8 Å². The summed E-state index contributed by atoms with van der Waals surface area (Å²) < 4.78 is 7.86. The van der Waals surface area contributed by atoms with Gasteiger partial charge in [0.25, 0.3) is 0 Å². The van der Waals surface area contributed by atoms with Crippen molar-refractivity contribution in [2.24, 2.45) is 0 Å². The van der Waals surface area contributed by atoms with Gasteiger partial charge in [-0.1, -0.05) is 176 Å². The number of hydrogen-bond donors (Lipinski definition) is 0. The van der Waals surface area contributed by atoms with E-state index < -0.39 is 8.07 Å². The van der Waals surface area contributed by atoms with Gasteiger partial charge in [0.05, 0.1) is 11.0 Å². The molecule has 0 saturated heterocycles. The molecule has 0 saturated carbocycles. The number of para-hydroxylation sites is 1. The Morgan fingerprint density at radius 1 is 0.345 bits per heavy atom. The minimum absolute atomic E-state index is 1.18. The van der Waals surface area contributed by atoms with Crippen molar-refractivity contribution in [3.8, 4) is 16.8 Å². The summed E-state index contributed by atoms with van der Waals surface area (Å²) in [6.45, 7) is 0. The van der Waals surface area contributed by atoms with E-state index in [0.29, 0.717) is 0 Å². The molecule has 0 radical (unpaired) electrons. The minimum Gasteiger partial charge on any atom is -0.309 e. The van der Waals surface area contributed by atoms with E-state index in [2.05, 4.69) is 217 Å². The topological polar surface area (TPSA) is 4.93 Å². The number of aromatic nitrogens is 1. The first-order chi connectivity index (χ1) is 28.8. The Bertz CT molecular complexity index is 3480. The van der Waals surface area contributed by atoms with Crippen molar-refractivity contribution in [3.63, 3.8) is 0 Å². The van der Waals surface area contributed by atoms with Gasteiger partial charge < -0.3 is 4.57 Å². The van der Waals surface area contributed by atoms with E-state index >= 15 is 0 Å². The average molecular weight is 790 g/mol. The molecule has 1 nitrogen and oxygen atoms in total. The van der Waals surface area contributed by atoms with Crippen LogP contribution in [0.2, 0.25) is 0 Å². The Morgan fingerprint density at radius 3 is 1.60 bits per heavy atom. The second kappa shape index (κ2) is 13.3. The monoisotopic (exact) mass is 789 g/mol. The maximum absolute atomic E-state index is 2.92. The second-order valence-corrected chi connectivity index (χ2v) is 21.1. The van der Waals surface area contributed by atoms with Gasteiger partial charge >= 0.3 is 0 Å². The highest BCUT2D eigenvalue weighted by atomic mass is 32.1. The molecule has 0 atom stereocenters. The van der Waals surface area contributed by atoms with Crippen molar-refractivity contribution in [2.75, 3.05) is 0 Å². The van der Waals surface area contributed by atoms with Gasteiger partial charge in [-0.2, -0.15) is 0 Å². The molecule has 0 unspecified atom stereocenters. The molecule has 9 aromatic carbocycles. The third-order valence-corrected chi connectivity index (χ3v) is 19.3. The van der Waals surface area contributed by atoms with Crippen LogP contribution >= 0.6 is 22.7 Å². The lowest BCUT2D eigenvalue weighted by Gasteiger charge is -2.35. The van der Waals surface area contributed by atoms with Gasteiger partial charge in [-0.15, -0.1) is 22.7 Å². The normalized spacial score (nSPS) is 12.1. The van der Waals surface area contributed by atoms with E-state index in [1.165, 1.54) is 99.7 Å². The standard InChI is InChI=1S/C54H35NS2Si/c1-3-18-38(19-4-1)58(39-20-5-2-6-21-39,40-22-13-16-36(34-40)42-27-15-28-45-43-24-8-11-30-50(43)56-53(42)45)41-23-14-17-37(35-41)55-48-29-10-7-26-47(48)52-49(55)33-32-46-44-25-9-12-31-51(44)57-54(46)52/h1-35H. The predicted molar refractivity (Wildman–Crippen MR) is 256 cm³/mol. The van der Waals surface area contributed by atoms with Gasteiger partial charge in [0.15, 0.2) is 8.07 Å². The fourth-order valence-corrected chi connectivity index (χ4v) is 17.0. The predicted octanol–water partition coefficient (Wildman–Crippen LogP) is 12.6. The van der Waals surface area contributed by atoms with Crippen LogP contribution in [0.15, 0.2) is 212 Å². The quantitative estimate of drug-likeness (QED) is 0.117. The average Bonchev–Trinajstić information content (AvgIpc) is 3.97. The van der Waals surface area contributed by atoms with Crippen molar-refractivity contribution < 1.29 is 0 Å². The summed E-state index contributed by atoms with van der Waals surface area (Å²) in [5.41, 5.74) is 6.19. The Kier molecular flexibility index (Phi) is 7.67. The molecule has 0 amide bonds. The summed E-state index contributed by atoms with van der Waals surface area (Å²) in [6, 6.07) is 79.7. The van der Waals surface area contributed by atoms with Crippen LogP contribution in [0, 0.1) is 0 Å². The fourth-order valence-electron chi connectivity index (χ4n) is 9.66. The van der Waals surface area contributed by atoms with E-state index in [-0.39, 0.29) is 0 Å². The summed E-state index contributed by atoms with van der Waals surface area (Å²) in [4.78, 5) is 0. The van der Waals surface area contributed by atoms with Gasteiger partial charge in [0.2, 0.25) is 0 Å². The number of hydrogen-bond acceptors (Lipinski definition) is 2. The van der Waals surface area contributed by atoms with Gasteiger partial charge in [-0.3, -0.25) is 0 Å². The maximum Gasteiger partial charge on any atom is 0.179 e. The van der Waals surface area contributed by atoms with Crippen LogP contribution in [0.3, 0.4) is 0 Å². The highest BCUT2D eigenvalue weighted by Crippen LogP contribution is 2.43. The Labute approximate surface area is 345 Å². The minimum atomic E-state index is -2.92. The number of rotatable bonds is 6. The van der Waals surface area contributed by atoms with Crippen molar-refractivity contribution in [3.05, 3.63) is 212 Å². The molecule has 3 heterocycles. The van der Waals surface area contributed by atoms with Gasteiger partial charge in [-0.25, -0.2) is 0 Å². The zero-order valence-electron chi connectivity index (χ0n) is 31.5. The Hall–Kier alpha value is -6.56. The molecular formula is C54H35NS2Si. The van der Waals surface area contributed by atoms with E-state index in [9.17, 15) is 0 Å². The molecule has 4 heteroatoms. The van der Waals surface area contributed by atoms with E-state index in [4.69, 9.17) is 0 Å². The van der Waals surface area contributed by atoms with Crippen molar-refractivity contribution in [2.45, 2.75) is 0 Å². The lowest BCUT2D eigenvalue weighted by Crippen LogP contribution is -2.74. The van der Waals surface area contributed by atoms with Crippen molar-refractivity contribution >= 4 is 114 Å². The van der Waals surface area contributed by atoms with Gasteiger partial charge in [-0.05, 0) is 68.3 Å². The summed E-state index contributed by atoms with van der Waals surface area (Å²) in [7, 11) is -2.92. The highest BCUT2D eigenvalue weighted by molar-refractivity contribution is 7.27. The molecule has 0 N–H and O–H groups in total. The third kappa shape index (κ3) is 4.93. The van der Waals surface area contributed by atoms with E-state index in [1.807, 2.05) is 22.7 Å². The second-order valence-electron chi connectivity index (χ2n) is 15.2. The van der Waals surface area contributed by atoms with Crippen LogP contribution in [0.25, 0.3) is 79.0 Å². The van der Waals surface area contributed by atoms with Crippen LogP contribution in [-0.2, 0) is 0 Å². The van der Waals surface area contributed by atoms with Crippen molar-refractivity contribution in [1.29, 1.82) is 0 Å². The molecule has 0 fully saturated rings. The summed E-state index contributed by atoms with van der Waals surface area (Å²) in [6.07, 6.45) is 0. The van der Waals surface area contributed by atoms with Crippen LogP contribution in [0.4, 0.5) is 0 Å². The number of fused-ring (bicyclic) bond motifs is 10. The number of benzene rings is 9. The first kappa shape index (κ1) is 33.6. The highest BCUT2D eigenvalue weighted by Gasteiger charge is 2.42. The summed E-state index contributed by atoms with van der Waals surface area (Å²) in [5.74, 6) is 0. The largest absolute Gasteiger partial charge is 0.309 e. The smallest absolute Gasteiger partial charge is 0.179 e. The number of thiophene rings is 2. The van der Waals surface area contributed by atoms with E-state index in [1.54, 1.807) is 0 Å². The Balaban J connectivity index is 1.13. The molecule has 0 aliphatic carbocycles. The molecule has 0 aliphatic heterocycles. The van der Waals surface area contributed by atoms with Gasteiger partial charge in [0.1, 0.15) is 0 Å². The first-order valence-corrected chi connectivity index (χ1v) is 23.5. The fraction of sp³-hybridized carbons (Fsp3) is 0. The molecule has 0 spiro atoms. The Morgan fingerprint density at radius 2 is 0.879 bits per heavy atom. The molecule has 12 rings (SSSR count). The zero-order chi connectivity index (χ0) is 38.2. The maximum atomic E-state index is 2.51. The molecule has 0 aliphatic rings.